The Kier molecular flexibility index (Phi) is 3.40. The molecule has 0 aliphatic rings. The number of hydrogen-bond donors (Lipinski definition) is 0. The fourth-order valence-electron chi connectivity index (χ4n) is 2.42. The van der Waals surface area contributed by atoms with E-state index in [-0.39, 0.29) is 5.97 Å². The highest BCUT2D eigenvalue weighted by molar-refractivity contribution is 5.95. The minimum absolute atomic E-state index is 0.322. The van der Waals surface area contributed by atoms with Crippen LogP contribution in [0, 0.1) is 6.92 Å². The van der Waals surface area contributed by atoms with Gasteiger partial charge in [0.25, 0.3) is 0 Å². The first kappa shape index (κ1) is 13.3. The molecule has 0 N–H and O–H groups in total. The highest BCUT2D eigenvalue weighted by Gasteiger charge is 2.08. The first-order valence-corrected chi connectivity index (χ1v) is 6.73. The van der Waals surface area contributed by atoms with Gasteiger partial charge in [-0.05, 0) is 48.4 Å². The van der Waals surface area contributed by atoms with Crippen molar-refractivity contribution in [2.24, 2.45) is 0 Å². The number of aryl methyl sites for hydroxylation is 1. The zero-order chi connectivity index (χ0) is 14.8. The van der Waals surface area contributed by atoms with Gasteiger partial charge in [0.05, 0.1) is 18.2 Å². The number of aromatic nitrogens is 1. The third-order valence-electron chi connectivity index (χ3n) is 3.51. The van der Waals surface area contributed by atoms with Crippen molar-refractivity contribution in [3.05, 3.63) is 65.9 Å². The molecule has 21 heavy (non-hydrogen) atoms. The summed E-state index contributed by atoms with van der Waals surface area (Å²) in [4.78, 5) is 15.9. The van der Waals surface area contributed by atoms with Crippen LogP contribution in [0.3, 0.4) is 0 Å². The van der Waals surface area contributed by atoms with Crippen molar-refractivity contribution in [1.29, 1.82) is 0 Å². The quantitative estimate of drug-likeness (QED) is 0.665. The fourth-order valence-corrected chi connectivity index (χ4v) is 2.42. The van der Waals surface area contributed by atoms with Crippen molar-refractivity contribution in [3.63, 3.8) is 0 Å². The molecule has 3 heteroatoms. The lowest BCUT2D eigenvalue weighted by molar-refractivity contribution is 0.0601. The molecule has 0 bridgehead atoms. The molecular formula is C18H15NO2. The van der Waals surface area contributed by atoms with E-state index in [1.54, 1.807) is 18.3 Å². The molecule has 3 aromatic rings. The zero-order valence-corrected chi connectivity index (χ0v) is 12.0. The second-order valence-electron chi connectivity index (χ2n) is 4.95. The number of hydrogen-bond acceptors (Lipinski definition) is 3. The number of pyridine rings is 1. The summed E-state index contributed by atoms with van der Waals surface area (Å²) in [5.41, 5.74) is 4.88. The third kappa shape index (κ3) is 2.50. The smallest absolute Gasteiger partial charge is 0.337 e. The average Bonchev–Trinajstić information content (AvgIpc) is 2.53. The maximum absolute atomic E-state index is 11.5. The van der Waals surface area contributed by atoms with Gasteiger partial charge < -0.3 is 4.74 Å². The largest absolute Gasteiger partial charge is 0.465 e. The van der Waals surface area contributed by atoms with Gasteiger partial charge in [0.15, 0.2) is 0 Å². The van der Waals surface area contributed by atoms with Gasteiger partial charge in [-0.3, -0.25) is 4.98 Å². The first-order valence-electron chi connectivity index (χ1n) is 6.73. The van der Waals surface area contributed by atoms with Crippen molar-refractivity contribution in [1.82, 2.24) is 4.98 Å². The van der Waals surface area contributed by atoms with Crippen LogP contribution >= 0.6 is 0 Å². The van der Waals surface area contributed by atoms with Crippen LogP contribution in [0.15, 0.2) is 54.7 Å². The van der Waals surface area contributed by atoms with E-state index in [2.05, 4.69) is 24.0 Å². The molecule has 3 rings (SSSR count). The summed E-state index contributed by atoms with van der Waals surface area (Å²) >= 11 is 0. The Bertz CT molecular complexity index is 807. The summed E-state index contributed by atoms with van der Waals surface area (Å²) in [7, 11) is 1.38. The first-order chi connectivity index (χ1) is 10.2. The SMILES string of the molecule is COC(=O)c1ccc(-c2ccnc3ccc(C)cc23)cc1. The predicted octanol–water partition coefficient (Wildman–Crippen LogP) is 4.00. The van der Waals surface area contributed by atoms with Gasteiger partial charge >= 0.3 is 5.97 Å². The number of nitrogens with zero attached hydrogens (tertiary/aromatic N) is 1. The second kappa shape index (κ2) is 5.37. The molecule has 1 aromatic heterocycles. The Morgan fingerprint density at radius 1 is 1.05 bits per heavy atom. The normalized spacial score (nSPS) is 10.6. The van der Waals surface area contributed by atoms with E-state index in [0.29, 0.717) is 5.56 Å². The number of methoxy groups -OCH3 is 1. The Balaban J connectivity index is 2.12. The lowest BCUT2D eigenvalue weighted by Crippen LogP contribution is -2.00. The summed E-state index contributed by atoms with van der Waals surface area (Å²) in [6.45, 7) is 2.07. The zero-order valence-electron chi connectivity index (χ0n) is 12.0. The Hall–Kier alpha value is -2.68. The van der Waals surface area contributed by atoms with Gasteiger partial charge in [-0.2, -0.15) is 0 Å². The predicted molar refractivity (Wildman–Crippen MR) is 83.3 cm³/mol. The highest BCUT2D eigenvalue weighted by atomic mass is 16.5. The molecule has 0 saturated carbocycles. The molecule has 104 valence electrons. The monoisotopic (exact) mass is 277 g/mol. The van der Waals surface area contributed by atoms with Gasteiger partial charge in [-0.1, -0.05) is 23.8 Å². The van der Waals surface area contributed by atoms with E-state index in [1.807, 2.05) is 24.3 Å². The van der Waals surface area contributed by atoms with E-state index in [4.69, 9.17) is 4.74 Å². The molecule has 0 unspecified atom stereocenters. The Morgan fingerprint density at radius 2 is 1.81 bits per heavy atom. The van der Waals surface area contributed by atoms with Crippen LogP contribution in [0.25, 0.3) is 22.0 Å². The molecule has 0 amide bonds. The van der Waals surface area contributed by atoms with E-state index >= 15 is 0 Å². The number of carbonyl (C=O) groups excluding carboxylic acids is 1. The summed E-state index contributed by atoms with van der Waals surface area (Å²) in [6, 6.07) is 15.6. The number of rotatable bonds is 2. The van der Waals surface area contributed by atoms with Gasteiger partial charge in [-0.15, -0.1) is 0 Å². The van der Waals surface area contributed by atoms with E-state index < -0.39 is 0 Å². The average molecular weight is 277 g/mol. The van der Waals surface area contributed by atoms with E-state index in [0.717, 1.165) is 22.0 Å². The minimum atomic E-state index is -0.322. The van der Waals surface area contributed by atoms with Gasteiger partial charge in [-0.25, -0.2) is 4.79 Å². The Labute approximate surface area is 123 Å². The van der Waals surface area contributed by atoms with E-state index in [9.17, 15) is 4.79 Å². The van der Waals surface area contributed by atoms with Crippen molar-refractivity contribution in [2.45, 2.75) is 6.92 Å². The number of benzene rings is 2. The standard InChI is InChI=1S/C18H15NO2/c1-12-3-8-17-16(11-12)15(9-10-19-17)13-4-6-14(7-5-13)18(20)21-2/h3-11H,1-2H3. The lowest BCUT2D eigenvalue weighted by Gasteiger charge is -2.08. The molecule has 0 aliphatic heterocycles. The van der Waals surface area contributed by atoms with Crippen molar-refractivity contribution >= 4 is 16.9 Å². The molecule has 0 spiro atoms. The van der Waals surface area contributed by atoms with Gasteiger partial charge in [0.1, 0.15) is 0 Å². The number of ether oxygens (including phenoxy) is 1. The summed E-state index contributed by atoms with van der Waals surface area (Å²) in [5.74, 6) is -0.322. The number of carbonyl (C=O) groups is 1. The maximum Gasteiger partial charge on any atom is 0.337 e. The molecule has 1 heterocycles. The van der Waals surface area contributed by atoms with Gasteiger partial charge in [0, 0.05) is 11.6 Å². The second-order valence-corrected chi connectivity index (χ2v) is 4.95. The van der Waals surface area contributed by atoms with Crippen molar-refractivity contribution in [2.75, 3.05) is 7.11 Å². The summed E-state index contributed by atoms with van der Waals surface area (Å²) < 4.78 is 4.72. The topological polar surface area (TPSA) is 39.2 Å². The number of esters is 1. The molecule has 0 radical (unpaired) electrons. The summed E-state index contributed by atoms with van der Waals surface area (Å²) in [6.07, 6.45) is 1.81. The van der Waals surface area contributed by atoms with Crippen LogP contribution in [-0.2, 0) is 4.74 Å². The Morgan fingerprint density at radius 3 is 2.52 bits per heavy atom. The van der Waals surface area contributed by atoms with Gasteiger partial charge in [0.2, 0.25) is 0 Å². The highest BCUT2D eigenvalue weighted by Crippen LogP contribution is 2.28. The van der Waals surface area contributed by atoms with Crippen molar-refractivity contribution < 1.29 is 9.53 Å². The van der Waals surface area contributed by atoms with Crippen LogP contribution in [0.1, 0.15) is 15.9 Å². The molecule has 0 fully saturated rings. The van der Waals surface area contributed by atoms with Crippen LogP contribution < -0.4 is 0 Å². The molecule has 2 aromatic carbocycles. The molecule has 0 aliphatic carbocycles. The number of fused-ring (bicyclic) bond motifs is 1. The minimum Gasteiger partial charge on any atom is -0.465 e. The van der Waals surface area contributed by atoms with E-state index in [1.165, 1.54) is 12.7 Å². The van der Waals surface area contributed by atoms with Crippen LogP contribution in [0.5, 0.6) is 0 Å². The molecule has 0 saturated heterocycles. The van der Waals surface area contributed by atoms with Crippen LogP contribution in [-0.4, -0.2) is 18.1 Å². The van der Waals surface area contributed by atoms with Crippen LogP contribution in [0.2, 0.25) is 0 Å². The maximum atomic E-state index is 11.5. The molecule has 3 nitrogen and oxygen atoms in total. The molecular weight excluding hydrogens is 262 g/mol. The fraction of sp³-hybridized carbons (Fsp3) is 0.111. The third-order valence-corrected chi connectivity index (χ3v) is 3.51. The molecule has 0 atom stereocenters. The summed E-state index contributed by atoms with van der Waals surface area (Å²) in [5, 5.41) is 1.11. The lowest BCUT2D eigenvalue weighted by atomic mass is 9.99. The van der Waals surface area contributed by atoms with Crippen molar-refractivity contribution in [3.8, 4) is 11.1 Å². The van der Waals surface area contributed by atoms with Crippen LogP contribution in [0.4, 0.5) is 0 Å².